The van der Waals surface area contributed by atoms with Crippen molar-refractivity contribution in [3.63, 3.8) is 0 Å². The molecule has 1 aromatic rings. The third-order valence-electron chi connectivity index (χ3n) is 2.21. The van der Waals surface area contributed by atoms with Crippen molar-refractivity contribution in [2.75, 3.05) is 12.4 Å². The summed E-state index contributed by atoms with van der Waals surface area (Å²) in [6.45, 7) is 2.12. The molecule has 1 aliphatic rings. The first-order valence-corrected chi connectivity index (χ1v) is 4.43. The molecule has 1 unspecified atom stereocenters. The van der Waals surface area contributed by atoms with Gasteiger partial charge in [0.05, 0.1) is 12.8 Å². The SMILES string of the molecule is COc1cccc2c1NC(C)C=C2. The maximum atomic E-state index is 5.26. The lowest BCUT2D eigenvalue weighted by molar-refractivity contribution is 0.416. The lowest BCUT2D eigenvalue weighted by Gasteiger charge is -2.20. The zero-order valence-corrected chi connectivity index (χ0v) is 7.87. The van der Waals surface area contributed by atoms with Gasteiger partial charge in [-0.15, -0.1) is 0 Å². The molecular weight excluding hydrogens is 162 g/mol. The van der Waals surface area contributed by atoms with Crippen molar-refractivity contribution in [3.05, 3.63) is 29.8 Å². The van der Waals surface area contributed by atoms with Gasteiger partial charge in [0.15, 0.2) is 0 Å². The van der Waals surface area contributed by atoms with E-state index in [0.717, 1.165) is 11.4 Å². The van der Waals surface area contributed by atoms with E-state index >= 15 is 0 Å². The molecule has 13 heavy (non-hydrogen) atoms. The molecular formula is C11H13NO. The second-order valence-corrected chi connectivity index (χ2v) is 3.22. The summed E-state index contributed by atoms with van der Waals surface area (Å²) < 4.78 is 5.26. The number of anilines is 1. The van der Waals surface area contributed by atoms with Crippen LogP contribution in [-0.4, -0.2) is 13.2 Å². The smallest absolute Gasteiger partial charge is 0.142 e. The monoisotopic (exact) mass is 175 g/mol. The lowest BCUT2D eigenvalue weighted by Crippen LogP contribution is -2.16. The molecule has 0 aliphatic carbocycles. The Kier molecular flexibility index (Phi) is 1.97. The van der Waals surface area contributed by atoms with Crippen LogP contribution in [0.1, 0.15) is 12.5 Å². The van der Waals surface area contributed by atoms with Crippen LogP contribution in [0.4, 0.5) is 5.69 Å². The van der Waals surface area contributed by atoms with Gasteiger partial charge in [-0.2, -0.15) is 0 Å². The third-order valence-corrected chi connectivity index (χ3v) is 2.21. The fourth-order valence-electron chi connectivity index (χ4n) is 1.54. The van der Waals surface area contributed by atoms with Gasteiger partial charge in [-0.1, -0.05) is 24.3 Å². The Labute approximate surface area is 78.2 Å². The molecule has 0 aromatic heterocycles. The molecule has 1 aliphatic heterocycles. The Morgan fingerprint density at radius 3 is 3.00 bits per heavy atom. The third kappa shape index (κ3) is 1.39. The quantitative estimate of drug-likeness (QED) is 0.708. The van der Waals surface area contributed by atoms with Crippen molar-refractivity contribution in [1.29, 1.82) is 0 Å². The number of rotatable bonds is 1. The van der Waals surface area contributed by atoms with E-state index in [1.54, 1.807) is 7.11 Å². The van der Waals surface area contributed by atoms with Crippen LogP contribution in [-0.2, 0) is 0 Å². The van der Waals surface area contributed by atoms with Crippen LogP contribution in [0, 0.1) is 0 Å². The minimum Gasteiger partial charge on any atom is -0.495 e. The first-order valence-electron chi connectivity index (χ1n) is 4.43. The van der Waals surface area contributed by atoms with E-state index in [0.29, 0.717) is 6.04 Å². The average Bonchev–Trinajstić information content (AvgIpc) is 2.17. The second-order valence-electron chi connectivity index (χ2n) is 3.22. The van der Waals surface area contributed by atoms with Gasteiger partial charge in [-0.3, -0.25) is 0 Å². The standard InChI is InChI=1S/C11H13NO/c1-8-6-7-9-4-3-5-10(13-2)11(9)12-8/h3-8,12H,1-2H3. The first kappa shape index (κ1) is 8.17. The van der Waals surface area contributed by atoms with Gasteiger partial charge in [0, 0.05) is 11.6 Å². The van der Waals surface area contributed by atoms with Gasteiger partial charge in [0.1, 0.15) is 5.75 Å². The van der Waals surface area contributed by atoms with Crippen LogP contribution in [0.5, 0.6) is 5.75 Å². The number of nitrogens with one attached hydrogen (secondary N) is 1. The normalized spacial score (nSPS) is 19.1. The number of hydrogen-bond donors (Lipinski definition) is 1. The summed E-state index contributed by atoms with van der Waals surface area (Å²) >= 11 is 0. The summed E-state index contributed by atoms with van der Waals surface area (Å²) in [7, 11) is 1.69. The second kappa shape index (κ2) is 3.13. The molecule has 2 heteroatoms. The summed E-state index contributed by atoms with van der Waals surface area (Å²) in [4.78, 5) is 0. The Hall–Kier alpha value is -1.44. The van der Waals surface area contributed by atoms with Gasteiger partial charge in [-0.05, 0) is 13.0 Å². The summed E-state index contributed by atoms with van der Waals surface area (Å²) in [5.74, 6) is 0.911. The number of fused-ring (bicyclic) bond motifs is 1. The van der Waals surface area contributed by atoms with Crippen molar-refractivity contribution >= 4 is 11.8 Å². The van der Waals surface area contributed by atoms with E-state index in [-0.39, 0.29) is 0 Å². The van der Waals surface area contributed by atoms with Crippen LogP contribution in [0.15, 0.2) is 24.3 Å². The minimum absolute atomic E-state index is 0.379. The highest BCUT2D eigenvalue weighted by atomic mass is 16.5. The van der Waals surface area contributed by atoms with E-state index in [1.807, 2.05) is 12.1 Å². The molecule has 0 bridgehead atoms. The molecule has 0 saturated heterocycles. The molecule has 1 aromatic carbocycles. The van der Waals surface area contributed by atoms with Crippen molar-refractivity contribution in [2.45, 2.75) is 13.0 Å². The first-order chi connectivity index (χ1) is 6.31. The molecule has 2 rings (SSSR count). The van der Waals surface area contributed by atoms with Crippen molar-refractivity contribution in [2.24, 2.45) is 0 Å². The topological polar surface area (TPSA) is 21.3 Å². The zero-order chi connectivity index (χ0) is 9.26. The maximum Gasteiger partial charge on any atom is 0.142 e. The van der Waals surface area contributed by atoms with Crippen molar-refractivity contribution < 1.29 is 4.74 Å². The van der Waals surface area contributed by atoms with Crippen LogP contribution < -0.4 is 10.1 Å². The predicted molar refractivity (Wildman–Crippen MR) is 55.1 cm³/mol. The number of ether oxygens (including phenoxy) is 1. The number of hydrogen-bond acceptors (Lipinski definition) is 2. The molecule has 68 valence electrons. The highest BCUT2D eigenvalue weighted by Crippen LogP contribution is 2.32. The van der Waals surface area contributed by atoms with Gasteiger partial charge in [-0.25, -0.2) is 0 Å². The molecule has 0 fully saturated rings. The highest BCUT2D eigenvalue weighted by molar-refractivity contribution is 5.76. The summed E-state index contributed by atoms with van der Waals surface area (Å²) in [5, 5.41) is 3.37. The van der Waals surface area contributed by atoms with E-state index in [2.05, 4.69) is 30.5 Å². The molecule has 2 nitrogen and oxygen atoms in total. The fourth-order valence-corrected chi connectivity index (χ4v) is 1.54. The van der Waals surface area contributed by atoms with E-state index < -0.39 is 0 Å². The average molecular weight is 175 g/mol. The minimum atomic E-state index is 0.379. The summed E-state index contributed by atoms with van der Waals surface area (Å²) in [6, 6.07) is 6.42. The molecule has 1 heterocycles. The van der Waals surface area contributed by atoms with Crippen molar-refractivity contribution in [3.8, 4) is 5.75 Å². The number of benzene rings is 1. The summed E-state index contributed by atoms with van der Waals surface area (Å²) in [5.41, 5.74) is 2.29. The van der Waals surface area contributed by atoms with E-state index in [9.17, 15) is 0 Å². The van der Waals surface area contributed by atoms with Gasteiger partial charge in [0.25, 0.3) is 0 Å². The molecule has 0 saturated carbocycles. The predicted octanol–water partition coefficient (Wildman–Crippen LogP) is 2.52. The molecule has 0 radical (unpaired) electrons. The molecule has 1 atom stereocenters. The Bertz CT molecular complexity index is 344. The van der Waals surface area contributed by atoms with E-state index in [1.165, 1.54) is 5.56 Å². The van der Waals surface area contributed by atoms with Crippen LogP contribution in [0.2, 0.25) is 0 Å². The van der Waals surface area contributed by atoms with Crippen LogP contribution >= 0.6 is 0 Å². The molecule has 0 amide bonds. The lowest BCUT2D eigenvalue weighted by atomic mass is 10.1. The molecule has 1 N–H and O–H groups in total. The van der Waals surface area contributed by atoms with Crippen LogP contribution in [0.3, 0.4) is 0 Å². The largest absolute Gasteiger partial charge is 0.495 e. The number of methoxy groups -OCH3 is 1. The zero-order valence-electron chi connectivity index (χ0n) is 7.87. The fraction of sp³-hybridized carbons (Fsp3) is 0.273. The Balaban J connectivity index is 2.49. The van der Waals surface area contributed by atoms with Gasteiger partial charge < -0.3 is 10.1 Å². The van der Waals surface area contributed by atoms with Crippen LogP contribution in [0.25, 0.3) is 6.08 Å². The Morgan fingerprint density at radius 1 is 1.38 bits per heavy atom. The number of para-hydroxylation sites is 1. The van der Waals surface area contributed by atoms with Gasteiger partial charge >= 0.3 is 0 Å². The summed E-state index contributed by atoms with van der Waals surface area (Å²) in [6.07, 6.45) is 4.26. The maximum absolute atomic E-state index is 5.26. The Morgan fingerprint density at radius 2 is 2.23 bits per heavy atom. The molecule has 0 spiro atoms. The van der Waals surface area contributed by atoms with Gasteiger partial charge in [0.2, 0.25) is 0 Å². The highest BCUT2D eigenvalue weighted by Gasteiger charge is 2.12. The van der Waals surface area contributed by atoms with E-state index in [4.69, 9.17) is 4.74 Å². The van der Waals surface area contributed by atoms with Crippen molar-refractivity contribution in [1.82, 2.24) is 0 Å².